The zero-order valence-electron chi connectivity index (χ0n) is 11.4. The van der Waals surface area contributed by atoms with Crippen LogP contribution in [0, 0.1) is 0 Å². The van der Waals surface area contributed by atoms with Crippen LogP contribution < -0.4 is 15.9 Å². The van der Waals surface area contributed by atoms with Crippen molar-refractivity contribution in [1.82, 2.24) is 5.43 Å². The van der Waals surface area contributed by atoms with Crippen LogP contribution in [-0.2, 0) is 6.61 Å². The number of ether oxygens (including phenoxy) is 1. The van der Waals surface area contributed by atoms with Gasteiger partial charge in [-0.25, -0.2) is 10.2 Å². The Labute approximate surface area is 137 Å². The van der Waals surface area contributed by atoms with E-state index in [4.69, 9.17) is 33.7 Å². The van der Waals surface area contributed by atoms with Crippen LogP contribution in [-0.4, -0.2) is 12.2 Å². The second-order valence-electron chi connectivity index (χ2n) is 4.32. The van der Waals surface area contributed by atoms with Gasteiger partial charge in [0.1, 0.15) is 6.61 Å². The summed E-state index contributed by atoms with van der Waals surface area (Å²) < 4.78 is 5.65. The molecule has 0 bridgehead atoms. The molecule has 0 aliphatic carbocycles. The summed E-state index contributed by atoms with van der Waals surface area (Å²) >= 11 is 12.3. The lowest BCUT2D eigenvalue weighted by molar-refractivity contribution is 0.249. The minimum atomic E-state index is -0.753. The largest absolute Gasteiger partial charge is 0.486 e. The highest BCUT2D eigenvalue weighted by atomic mass is 35.5. The van der Waals surface area contributed by atoms with Gasteiger partial charge in [-0.1, -0.05) is 53.5 Å². The molecule has 0 saturated carbocycles. The molecular formula is C15H13Cl2N3O2. The minimum absolute atomic E-state index is 0.351. The number of hydrogen-bond acceptors (Lipinski definition) is 3. The van der Waals surface area contributed by atoms with E-state index in [1.807, 2.05) is 30.3 Å². The van der Waals surface area contributed by atoms with Crippen LogP contribution in [0.25, 0.3) is 0 Å². The lowest BCUT2D eigenvalue weighted by atomic mass is 10.2. The van der Waals surface area contributed by atoms with Crippen LogP contribution in [0.1, 0.15) is 11.1 Å². The number of nitrogens with zero attached hydrogens (tertiary/aromatic N) is 1. The van der Waals surface area contributed by atoms with Crippen LogP contribution in [0.5, 0.6) is 5.75 Å². The molecule has 22 heavy (non-hydrogen) atoms. The van der Waals surface area contributed by atoms with Crippen molar-refractivity contribution < 1.29 is 9.53 Å². The molecule has 3 N–H and O–H groups in total. The topological polar surface area (TPSA) is 76.7 Å². The number of carbonyl (C=O) groups excluding carboxylic acids is 1. The Morgan fingerprint density at radius 2 is 1.86 bits per heavy atom. The van der Waals surface area contributed by atoms with Gasteiger partial charge < -0.3 is 10.5 Å². The fraction of sp³-hybridized carbons (Fsp3) is 0.0667. The molecule has 0 unspecified atom stereocenters. The number of primary amides is 1. The first-order valence-corrected chi connectivity index (χ1v) is 7.06. The van der Waals surface area contributed by atoms with Gasteiger partial charge in [0.05, 0.1) is 16.3 Å². The summed E-state index contributed by atoms with van der Waals surface area (Å²) in [6.07, 6.45) is 1.38. The molecule has 0 radical (unpaired) electrons. The molecule has 0 fully saturated rings. The summed E-state index contributed by atoms with van der Waals surface area (Å²) in [7, 11) is 0. The van der Waals surface area contributed by atoms with Gasteiger partial charge in [0, 0.05) is 0 Å². The monoisotopic (exact) mass is 337 g/mol. The van der Waals surface area contributed by atoms with Crippen molar-refractivity contribution in [1.29, 1.82) is 0 Å². The first kappa shape index (κ1) is 16.1. The predicted octanol–water partition coefficient (Wildman–Crippen LogP) is 3.57. The first-order valence-electron chi connectivity index (χ1n) is 6.30. The molecule has 0 atom stereocenters. The van der Waals surface area contributed by atoms with Gasteiger partial charge in [-0.15, -0.1) is 0 Å². The maximum Gasteiger partial charge on any atom is 0.332 e. The Balaban J connectivity index is 2.09. The molecule has 2 rings (SSSR count). The van der Waals surface area contributed by atoms with E-state index in [1.54, 1.807) is 12.1 Å². The number of nitrogens with one attached hydrogen (secondary N) is 1. The number of rotatable bonds is 5. The average molecular weight is 338 g/mol. The molecule has 2 amide bonds. The maximum absolute atomic E-state index is 10.5. The van der Waals surface area contributed by atoms with Crippen molar-refractivity contribution in [2.24, 2.45) is 10.8 Å². The van der Waals surface area contributed by atoms with Crippen molar-refractivity contribution in [3.63, 3.8) is 0 Å². The van der Waals surface area contributed by atoms with Gasteiger partial charge in [0.2, 0.25) is 0 Å². The van der Waals surface area contributed by atoms with Gasteiger partial charge in [0.15, 0.2) is 5.75 Å². The standard InChI is InChI=1S/C15H13Cl2N3O2/c16-12-6-11(8-19-20-15(18)21)7-13(17)14(12)22-9-10-4-2-1-3-5-10/h1-8H,9H2,(H3,18,20,21)/b19-8-. The second-order valence-corrected chi connectivity index (χ2v) is 5.14. The highest BCUT2D eigenvalue weighted by Gasteiger charge is 2.09. The molecule has 0 aliphatic heterocycles. The van der Waals surface area contributed by atoms with Gasteiger partial charge in [-0.2, -0.15) is 5.10 Å². The normalized spacial score (nSPS) is 10.6. The van der Waals surface area contributed by atoms with Gasteiger partial charge >= 0.3 is 6.03 Å². The average Bonchev–Trinajstić information content (AvgIpc) is 2.47. The first-order chi connectivity index (χ1) is 10.6. The van der Waals surface area contributed by atoms with Gasteiger partial charge in [0.25, 0.3) is 0 Å². The number of amides is 2. The summed E-state index contributed by atoms with van der Waals surface area (Å²) in [5, 5.41) is 4.34. The van der Waals surface area contributed by atoms with Crippen LogP contribution >= 0.6 is 23.2 Å². The summed E-state index contributed by atoms with van der Waals surface area (Å²) in [5.74, 6) is 0.396. The molecule has 0 saturated heterocycles. The van der Waals surface area contributed by atoms with E-state index in [0.717, 1.165) is 5.56 Å². The van der Waals surface area contributed by atoms with Crippen LogP contribution in [0.3, 0.4) is 0 Å². The number of hydrogen-bond donors (Lipinski definition) is 2. The maximum atomic E-state index is 10.5. The van der Waals surface area contributed by atoms with E-state index in [1.165, 1.54) is 6.21 Å². The fourth-order valence-electron chi connectivity index (χ4n) is 1.69. The number of urea groups is 1. The predicted molar refractivity (Wildman–Crippen MR) is 87.5 cm³/mol. The smallest absolute Gasteiger partial charge is 0.332 e. The number of hydrazone groups is 1. The fourth-order valence-corrected chi connectivity index (χ4v) is 2.31. The van der Waals surface area contributed by atoms with Crippen molar-refractivity contribution in [2.45, 2.75) is 6.61 Å². The van der Waals surface area contributed by atoms with E-state index in [0.29, 0.717) is 28.0 Å². The Hall–Kier alpha value is -2.24. The third kappa shape index (κ3) is 4.65. The van der Waals surface area contributed by atoms with E-state index in [2.05, 4.69) is 10.5 Å². The molecule has 0 aliphatic rings. The Morgan fingerprint density at radius 1 is 1.23 bits per heavy atom. The second kappa shape index (κ2) is 7.68. The zero-order valence-corrected chi connectivity index (χ0v) is 12.9. The van der Waals surface area contributed by atoms with Crippen molar-refractivity contribution in [3.05, 3.63) is 63.6 Å². The minimum Gasteiger partial charge on any atom is -0.486 e. The zero-order chi connectivity index (χ0) is 15.9. The van der Waals surface area contributed by atoms with E-state index < -0.39 is 6.03 Å². The highest BCUT2D eigenvalue weighted by molar-refractivity contribution is 6.37. The van der Waals surface area contributed by atoms with Crippen molar-refractivity contribution in [2.75, 3.05) is 0 Å². The molecule has 0 spiro atoms. The highest BCUT2D eigenvalue weighted by Crippen LogP contribution is 2.34. The number of benzene rings is 2. The molecule has 0 aromatic heterocycles. The van der Waals surface area contributed by atoms with Crippen LogP contribution in [0.2, 0.25) is 10.0 Å². The van der Waals surface area contributed by atoms with E-state index >= 15 is 0 Å². The lowest BCUT2D eigenvalue weighted by Crippen LogP contribution is -2.24. The molecule has 114 valence electrons. The van der Waals surface area contributed by atoms with Crippen molar-refractivity contribution >= 4 is 35.4 Å². The third-order valence-corrected chi connectivity index (χ3v) is 3.20. The lowest BCUT2D eigenvalue weighted by Gasteiger charge is -2.10. The Kier molecular flexibility index (Phi) is 5.63. The summed E-state index contributed by atoms with van der Waals surface area (Å²) in [4.78, 5) is 10.5. The molecule has 2 aromatic rings. The summed E-state index contributed by atoms with van der Waals surface area (Å²) in [6, 6.07) is 12.2. The SMILES string of the molecule is NC(=O)N/N=C\c1cc(Cl)c(OCc2ccccc2)c(Cl)c1. The van der Waals surface area contributed by atoms with E-state index in [-0.39, 0.29) is 0 Å². The molecule has 5 nitrogen and oxygen atoms in total. The molecule has 7 heteroatoms. The third-order valence-electron chi connectivity index (χ3n) is 2.63. The van der Waals surface area contributed by atoms with Gasteiger partial charge in [-0.3, -0.25) is 0 Å². The molecule has 0 heterocycles. The van der Waals surface area contributed by atoms with Gasteiger partial charge in [-0.05, 0) is 23.3 Å². The van der Waals surface area contributed by atoms with Crippen LogP contribution in [0.4, 0.5) is 4.79 Å². The summed E-state index contributed by atoms with van der Waals surface area (Å²) in [6.45, 7) is 0.358. The van der Waals surface area contributed by atoms with Crippen LogP contribution in [0.15, 0.2) is 47.6 Å². The van der Waals surface area contributed by atoms with E-state index in [9.17, 15) is 4.79 Å². The summed E-state index contributed by atoms with van der Waals surface area (Å²) in [5.41, 5.74) is 8.60. The number of carbonyl (C=O) groups is 1. The molecule has 2 aromatic carbocycles. The Morgan fingerprint density at radius 3 is 2.45 bits per heavy atom. The van der Waals surface area contributed by atoms with Crippen molar-refractivity contribution in [3.8, 4) is 5.75 Å². The Bertz CT molecular complexity index is 667. The quantitative estimate of drug-likeness (QED) is 0.646. The molecular weight excluding hydrogens is 325 g/mol. The number of nitrogens with two attached hydrogens (primary N) is 1. The number of halogens is 2.